The Bertz CT molecular complexity index is 1160. The summed E-state index contributed by atoms with van der Waals surface area (Å²) >= 11 is 0. The molecule has 138 valence electrons. The summed E-state index contributed by atoms with van der Waals surface area (Å²) in [4.78, 5) is 20.9. The van der Waals surface area contributed by atoms with Crippen LogP contribution in [0.3, 0.4) is 0 Å². The van der Waals surface area contributed by atoms with Crippen molar-refractivity contribution in [1.29, 1.82) is 0 Å². The van der Waals surface area contributed by atoms with E-state index in [1.54, 1.807) is 18.5 Å². The topological polar surface area (TPSA) is 80.9 Å². The molecule has 2 heterocycles. The fourth-order valence-electron chi connectivity index (χ4n) is 3.07. The SMILES string of the molecule is Nc1ncc(C(=O)NCc2cccnc2)c2ccc(-c3cccc(F)c3)cc12. The van der Waals surface area contributed by atoms with Crippen LogP contribution in [0.4, 0.5) is 10.2 Å². The number of fused-ring (bicyclic) bond motifs is 1. The smallest absolute Gasteiger partial charge is 0.253 e. The zero-order valence-corrected chi connectivity index (χ0v) is 14.9. The van der Waals surface area contributed by atoms with Crippen LogP contribution in [-0.2, 0) is 6.54 Å². The standard InChI is InChI=1S/C22H17FN4O/c23-17-5-1-4-15(9-17)16-6-7-18-19(10-16)21(24)26-13-20(18)22(28)27-12-14-3-2-8-25-11-14/h1-11,13H,12H2,(H2,24,26)(H,27,28). The minimum absolute atomic E-state index is 0.250. The zero-order valence-electron chi connectivity index (χ0n) is 14.9. The van der Waals surface area contributed by atoms with Crippen LogP contribution in [0.1, 0.15) is 15.9 Å². The highest BCUT2D eigenvalue weighted by molar-refractivity contribution is 6.09. The maximum atomic E-state index is 13.5. The number of amides is 1. The number of carbonyl (C=O) groups is 1. The molecule has 0 saturated heterocycles. The molecule has 1 amide bonds. The number of aromatic nitrogens is 2. The molecule has 6 heteroatoms. The van der Waals surface area contributed by atoms with Gasteiger partial charge in [-0.1, -0.05) is 30.3 Å². The average molecular weight is 372 g/mol. The summed E-state index contributed by atoms with van der Waals surface area (Å²) in [5.41, 5.74) is 8.90. The zero-order chi connectivity index (χ0) is 19.5. The van der Waals surface area contributed by atoms with E-state index in [0.717, 1.165) is 16.7 Å². The van der Waals surface area contributed by atoms with Crippen LogP contribution in [0.5, 0.6) is 0 Å². The molecular weight excluding hydrogens is 355 g/mol. The number of nitrogen functional groups attached to an aromatic ring is 1. The van der Waals surface area contributed by atoms with E-state index in [1.807, 2.05) is 36.4 Å². The third-order valence-corrected chi connectivity index (χ3v) is 4.50. The van der Waals surface area contributed by atoms with Crippen molar-refractivity contribution in [1.82, 2.24) is 15.3 Å². The Morgan fingerprint density at radius 1 is 1.00 bits per heavy atom. The van der Waals surface area contributed by atoms with Gasteiger partial charge in [-0.15, -0.1) is 0 Å². The summed E-state index contributed by atoms with van der Waals surface area (Å²) in [5.74, 6) is -0.246. The highest BCUT2D eigenvalue weighted by Crippen LogP contribution is 2.29. The van der Waals surface area contributed by atoms with Crippen molar-refractivity contribution in [3.63, 3.8) is 0 Å². The van der Waals surface area contributed by atoms with Crippen LogP contribution in [0.2, 0.25) is 0 Å². The maximum absolute atomic E-state index is 13.5. The van der Waals surface area contributed by atoms with E-state index in [1.165, 1.54) is 18.3 Å². The Morgan fingerprint density at radius 2 is 1.86 bits per heavy atom. The van der Waals surface area contributed by atoms with Gasteiger partial charge in [0.25, 0.3) is 5.91 Å². The quantitative estimate of drug-likeness (QED) is 0.568. The first kappa shape index (κ1) is 17.6. The molecule has 4 aromatic rings. The number of rotatable bonds is 4. The monoisotopic (exact) mass is 372 g/mol. The van der Waals surface area contributed by atoms with Crippen LogP contribution in [0, 0.1) is 5.82 Å². The van der Waals surface area contributed by atoms with Gasteiger partial charge in [-0.05, 0) is 46.3 Å². The first-order valence-corrected chi connectivity index (χ1v) is 8.73. The number of benzene rings is 2. The Labute approximate surface area is 161 Å². The van der Waals surface area contributed by atoms with E-state index >= 15 is 0 Å². The van der Waals surface area contributed by atoms with Crippen molar-refractivity contribution in [2.75, 3.05) is 5.73 Å². The predicted octanol–water partition coefficient (Wildman–Crippen LogP) is 3.95. The molecule has 0 aliphatic rings. The van der Waals surface area contributed by atoms with E-state index in [9.17, 15) is 9.18 Å². The Hall–Kier alpha value is -3.80. The molecule has 0 saturated carbocycles. The highest BCUT2D eigenvalue weighted by Gasteiger charge is 2.14. The molecule has 0 fully saturated rings. The molecule has 0 bridgehead atoms. The number of hydrogen-bond donors (Lipinski definition) is 2. The van der Waals surface area contributed by atoms with Gasteiger partial charge in [-0.3, -0.25) is 9.78 Å². The molecule has 0 spiro atoms. The van der Waals surface area contributed by atoms with Gasteiger partial charge in [0, 0.05) is 30.5 Å². The summed E-state index contributed by atoms with van der Waals surface area (Å²) in [6, 6.07) is 15.5. The number of nitrogens with zero attached hydrogens (tertiary/aromatic N) is 2. The van der Waals surface area contributed by atoms with Crippen molar-refractivity contribution in [2.45, 2.75) is 6.54 Å². The van der Waals surface area contributed by atoms with Gasteiger partial charge in [0.15, 0.2) is 0 Å². The van der Waals surface area contributed by atoms with Gasteiger partial charge >= 0.3 is 0 Å². The number of nitrogens with two attached hydrogens (primary N) is 1. The molecule has 2 aromatic carbocycles. The first-order valence-electron chi connectivity index (χ1n) is 8.73. The van der Waals surface area contributed by atoms with Crippen molar-refractivity contribution in [2.24, 2.45) is 0 Å². The Morgan fingerprint density at radius 3 is 2.64 bits per heavy atom. The molecule has 4 rings (SSSR count). The minimum atomic E-state index is -0.313. The third-order valence-electron chi connectivity index (χ3n) is 4.50. The van der Waals surface area contributed by atoms with Crippen molar-refractivity contribution in [3.8, 4) is 11.1 Å². The lowest BCUT2D eigenvalue weighted by atomic mass is 9.99. The summed E-state index contributed by atoms with van der Waals surface area (Å²) < 4.78 is 13.5. The van der Waals surface area contributed by atoms with E-state index < -0.39 is 0 Å². The number of halogens is 1. The van der Waals surface area contributed by atoms with Gasteiger partial charge in [0.05, 0.1) is 5.56 Å². The molecule has 0 aliphatic heterocycles. The van der Waals surface area contributed by atoms with E-state index in [2.05, 4.69) is 15.3 Å². The Kier molecular flexibility index (Phi) is 4.68. The number of anilines is 1. The molecule has 0 atom stereocenters. The predicted molar refractivity (Wildman–Crippen MR) is 107 cm³/mol. The average Bonchev–Trinajstić information content (AvgIpc) is 2.73. The fourth-order valence-corrected chi connectivity index (χ4v) is 3.07. The minimum Gasteiger partial charge on any atom is -0.383 e. The van der Waals surface area contributed by atoms with Crippen LogP contribution >= 0.6 is 0 Å². The lowest BCUT2D eigenvalue weighted by molar-refractivity contribution is 0.0952. The lowest BCUT2D eigenvalue weighted by Crippen LogP contribution is -2.23. The molecule has 2 aromatic heterocycles. The van der Waals surface area contributed by atoms with Gasteiger partial charge in [-0.25, -0.2) is 9.37 Å². The van der Waals surface area contributed by atoms with Crippen molar-refractivity contribution in [3.05, 3.63) is 90.1 Å². The fraction of sp³-hybridized carbons (Fsp3) is 0.0455. The van der Waals surface area contributed by atoms with Crippen LogP contribution < -0.4 is 11.1 Å². The van der Waals surface area contributed by atoms with Crippen molar-refractivity contribution < 1.29 is 9.18 Å². The number of carbonyl (C=O) groups excluding carboxylic acids is 1. The molecule has 3 N–H and O–H groups in total. The van der Waals surface area contributed by atoms with Gasteiger partial charge in [0.2, 0.25) is 0 Å². The van der Waals surface area contributed by atoms with Crippen molar-refractivity contribution >= 4 is 22.5 Å². The second-order valence-corrected chi connectivity index (χ2v) is 6.37. The number of nitrogens with one attached hydrogen (secondary N) is 1. The lowest BCUT2D eigenvalue weighted by Gasteiger charge is -2.11. The van der Waals surface area contributed by atoms with E-state index in [0.29, 0.717) is 28.7 Å². The summed E-state index contributed by atoms with van der Waals surface area (Å²) in [5, 5.41) is 4.21. The molecule has 28 heavy (non-hydrogen) atoms. The maximum Gasteiger partial charge on any atom is 0.253 e. The van der Waals surface area contributed by atoms with Crippen LogP contribution in [0.25, 0.3) is 21.9 Å². The van der Waals surface area contributed by atoms with Gasteiger partial charge in [0.1, 0.15) is 11.6 Å². The molecule has 0 unspecified atom stereocenters. The normalized spacial score (nSPS) is 10.8. The van der Waals surface area contributed by atoms with Gasteiger partial charge < -0.3 is 11.1 Å². The summed E-state index contributed by atoms with van der Waals surface area (Å²) in [6.45, 7) is 0.361. The van der Waals surface area contributed by atoms with Gasteiger partial charge in [-0.2, -0.15) is 0 Å². The third kappa shape index (κ3) is 3.53. The van der Waals surface area contributed by atoms with Crippen LogP contribution in [-0.4, -0.2) is 15.9 Å². The first-order chi connectivity index (χ1) is 13.6. The van der Waals surface area contributed by atoms with E-state index in [-0.39, 0.29) is 11.7 Å². The summed E-state index contributed by atoms with van der Waals surface area (Å²) in [7, 11) is 0. The summed E-state index contributed by atoms with van der Waals surface area (Å²) in [6.07, 6.45) is 4.85. The number of pyridine rings is 2. The van der Waals surface area contributed by atoms with E-state index in [4.69, 9.17) is 5.73 Å². The molecule has 5 nitrogen and oxygen atoms in total. The largest absolute Gasteiger partial charge is 0.383 e. The number of hydrogen-bond acceptors (Lipinski definition) is 4. The second-order valence-electron chi connectivity index (χ2n) is 6.37. The van der Waals surface area contributed by atoms with Crippen LogP contribution in [0.15, 0.2) is 73.2 Å². The molecular formula is C22H17FN4O. The molecule has 0 radical (unpaired) electrons. The second kappa shape index (κ2) is 7.44. The molecule has 0 aliphatic carbocycles. The Balaban J connectivity index is 1.68. The highest BCUT2D eigenvalue weighted by atomic mass is 19.1.